The van der Waals surface area contributed by atoms with Gasteiger partial charge >= 0.3 is 12.2 Å². The highest BCUT2D eigenvalue weighted by Gasteiger charge is 2.48. The summed E-state index contributed by atoms with van der Waals surface area (Å²) >= 11 is 0. The zero-order chi connectivity index (χ0) is 17.3. The van der Waals surface area contributed by atoms with Crippen LogP contribution in [0.1, 0.15) is 52.4 Å². The average Bonchev–Trinajstić information content (AvgIpc) is 2.73. The van der Waals surface area contributed by atoms with Crippen LogP contribution in [-0.2, 0) is 9.47 Å². The second-order valence-electron chi connectivity index (χ2n) is 5.74. The summed E-state index contributed by atoms with van der Waals surface area (Å²) in [7, 11) is 0. The predicted octanol–water partition coefficient (Wildman–Crippen LogP) is 3.21. The Hall–Kier alpha value is -1.60. The van der Waals surface area contributed by atoms with E-state index in [9.17, 15) is 18.4 Å². The molecule has 1 fully saturated rings. The lowest BCUT2D eigenvalue weighted by Gasteiger charge is -2.21. The number of ether oxygens (including phenoxy) is 2. The van der Waals surface area contributed by atoms with Gasteiger partial charge in [0.25, 0.3) is 5.92 Å². The normalized spacial score (nSPS) is 22.4. The van der Waals surface area contributed by atoms with Crippen molar-refractivity contribution in [3.63, 3.8) is 0 Å². The quantitative estimate of drug-likeness (QED) is 0.667. The first-order valence-corrected chi connectivity index (χ1v) is 8.12. The molecular weight excluding hydrogens is 310 g/mol. The molecule has 0 heterocycles. The number of alkyl halides is 2. The molecule has 0 radical (unpaired) electrons. The molecule has 23 heavy (non-hydrogen) atoms. The standard InChI is InChI=1S/C15H26F2N2O4/c1-3-5-7-22-13(20)18-11-9-15(16,17)10-12(11)19-14(21)23-8-6-4-2/h11-12H,3-10H2,1-2H3,(H,18,20)(H,19,21)/t11-,12+. The van der Waals surface area contributed by atoms with Crippen molar-refractivity contribution in [2.75, 3.05) is 13.2 Å². The Bertz CT molecular complexity index is 360. The van der Waals surface area contributed by atoms with Crippen LogP contribution in [0.5, 0.6) is 0 Å². The fourth-order valence-corrected chi connectivity index (χ4v) is 2.32. The van der Waals surface area contributed by atoms with Gasteiger partial charge in [0.05, 0.1) is 25.3 Å². The Morgan fingerprint density at radius 1 is 0.957 bits per heavy atom. The van der Waals surface area contributed by atoms with Gasteiger partial charge in [0.2, 0.25) is 0 Å². The lowest BCUT2D eigenvalue weighted by molar-refractivity contribution is 0.00523. The van der Waals surface area contributed by atoms with Crippen LogP contribution < -0.4 is 10.6 Å². The maximum atomic E-state index is 13.6. The van der Waals surface area contributed by atoms with Crippen molar-refractivity contribution >= 4 is 12.2 Å². The first-order chi connectivity index (χ1) is 10.9. The van der Waals surface area contributed by atoms with Gasteiger partial charge in [0.15, 0.2) is 0 Å². The highest BCUT2D eigenvalue weighted by Crippen LogP contribution is 2.35. The van der Waals surface area contributed by atoms with Crippen molar-refractivity contribution in [3.8, 4) is 0 Å². The van der Waals surface area contributed by atoms with Gasteiger partial charge in [-0.05, 0) is 12.8 Å². The molecule has 0 bridgehead atoms. The summed E-state index contributed by atoms with van der Waals surface area (Å²) in [6.07, 6.45) is 0.593. The van der Waals surface area contributed by atoms with Crippen molar-refractivity contribution < 1.29 is 27.8 Å². The zero-order valence-electron chi connectivity index (χ0n) is 13.7. The van der Waals surface area contributed by atoms with E-state index in [4.69, 9.17) is 9.47 Å². The Morgan fingerprint density at radius 3 is 1.70 bits per heavy atom. The van der Waals surface area contributed by atoms with Crippen molar-refractivity contribution in [3.05, 3.63) is 0 Å². The number of alkyl carbamates (subject to hydrolysis) is 2. The molecule has 0 spiro atoms. The molecular formula is C15H26F2N2O4. The number of hydrogen-bond donors (Lipinski definition) is 2. The first-order valence-electron chi connectivity index (χ1n) is 8.12. The van der Waals surface area contributed by atoms with Gasteiger partial charge in [-0.15, -0.1) is 0 Å². The van der Waals surface area contributed by atoms with E-state index in [1.165, 1.54) is 0 Å². The van der Waals surface area contributed by atoms with E-state index < -0.39 is 43.0 Å². The van der Waals surface area contributed by atoms with Crippen LogP contribution in [0.4, 0.5) is 18.4 Å². The number of unbranched alkanes of at least 4 members (excludes halogenated alkanes) is 2. The van der Waals surface area contributed by atoms with Crippen molar-refractivity contribution in [1.29, 1.82) is 0 Å². The van der Waals surface area contributed by atoms with Gasteiger partial charge in [-0.1, -0.05) is 26.7 Å². The SMILES string of the molecule is CCCCOC(=O)N[C@H]1CC(F)(F)C[C@H]1NC(=O)OCCCC. The van der Waals surface area contributed by atoms with E-state index in [2.05, 4.69) is 10.6 Å². The van der Waals surface area contributed by atoms with Gasteiger partial charge < -0.3 is 20.1 Å². The molecule has 1 saturated carbocycles. The molecule has 134 valence electrons. The highest BCUT2D eigenvalue weighted by molar-refractivity contribution is 5.69. The van der Waals surface area contributed by atoms with Gasteiger partial charge in [0, 0.05) is 12.8 Å². The minimum atomic E-state index is -2.94. The third-order valence-corrected chi connectivity index (χ3v) is 3.59. The van der Waals surface area contributed by atoms with Crippen molar-refractivity contribution in [2.45, 2.75) is 70.4 Å². The van der Waals surface area contributed by atoms with Crippen LogP contribution in [0.2, 0.25) is 0 Å². The van der Waals surface area contributed by atoms with E-state index in [-0.39, 0.29) is 13.2 Å². The predicted molar refractivity (Wildman–Crippen MR) is 80.5 cm³/mol. The Kier molecular flexibility index (Phi) is 8.05. The van der Waals surface area contributed by atoms with E-state index in [0.29, 0.717) is 12.8 Å². The molecule has 1 aliphatic carbocycles. The molecule has 0 aromatic heterocycles. The summed E-state index contributed by atoms with van der Waals surface area (Å²) in [5.41, 5.74) is 0. The Balaban J connectivity index is 2.47. The monoisotopic (exact) mass is 336 g/mol. The van der Waals surface area contributed by atoms with Gasteiger partial charge in [-0.3, -0.25) is 0 Å². The fraction of sp³-hybridized carbons (Fsp3) is 0.867. The average molecular weight is 336 g/mol. The fourth-order valence-electron chi connectivity index (χ4n) is 2.32. The molecule has 2 atom stereocenters. The summed E-state index contributed by atoms with van der Waals surface area (Å²) in [5.74, 6) is -2.94. The molecule has 0 unspecified atom stereocenters. The molecule has 0 aromatic rings. The summed E-state index contributed by atoms with van der Waals surface area (Å²) in [6.45, 7) is 4.37. The Labute approximate surface area is 135 Å². The molecule has 2 amide bonds. The largest absolute Gasteiger partial charge is 0.450 e. The third kappa shape index (κ3) is 7.47. The summed E-state index contributed by atoms with van der Waals surface area (Å²) < 4.78 is 37.0. The van der Waals surface area contributed by atoms with Crippen molar-refractivity contribution in [2.24, 2.45) is 0 Å². The van der Waals surface area contributed by atoms with Crippen LogP contribution in [0.3, 0.4) is 0 Å². The third-order valence-electron chi connectivity index (χ3n) is 3.59. The van der Waals surface area contributed by atoms with E-state index in [0.717, 1.165) is 12.8 Å². The minimum absolute atomic E-state index is 0.239. The van der Waals surface area contributed by atoms with Crippen LogP contribution in [0, 0.1) is 0 Å². The number of hydrogen-bond acceptors (Lipinski definition) is 4. The van der Waals surface area contributed by atoms with Crippen LogP contribution >= 0.6 is 0 Å². The molecule has 2 N–H and O–H groups in total. The first kappa shape index (κ1) is 19.4. The molecule has 0 aromatic carbocycles. The lowest BCUT2D eigenvalue weighted by Crippen LogP contribution is -2.48. The highest BCUT2D eigenvalue weighted by atomic mass is 19.3. The Morgan fingerprint density at radius 2 is 1.35 bits per heavy atom. The molecule has 6 nitrogen and oxygen atoms in total. The molecule has 1 aliphatic rings. The second kappa shape index (κ2) is 9.52. The van der Waals surface area contributed by atoms with E-state index in [1.54, 1.807) is 0 Å². The number of carbonyl (C=O) groups excluding carboxylic acids is 2. The number of amides is 2. The molecule has 1 rings (SSSR count). The zero-order valence-corrected chi connectivity index (χ0v) is 13.7. The van der Waals surface area contributed by atoms with Crippen molar-refractivity contribution in [1.82, 2.24) is 10.6 Å². The van der Waals surface area contributed by atoms with Gasteiger partial charge in [-0.2, -0.15) is 0 Å². The van der Waals surface area contributed by atoms with Crippen LogP contribution in [0.25, 0.3) is 0 Å². The number of nitrogens with one attached hydrogen (secondary N) is 2. The summed E-state index contributed by atoms with van der Waals surface area (Å²) in [4.78, 5) is 23.2. The lowest BCUT2D eigenvalue weighted by atomic mass is 10.2. The maximum absolute atomic E-state index is 13.6. The molecule has 0 aliphatic heterocycles. The van der Waals surface area contributed by atoms with Crippen LogP contribution in [0.15, 0.2) is 0 Å². The molecule has 0 saturated heterocycles. The number of halogens is 2. The van der Waals surface area contributed by atoms with E-state index >= 15 is 0 Å². The van der Waals surface area contributed by atoms with Crippen LogP contribution in [-0.4, -0.2) is 43.4 Å². The van der Waals surface area contributed by atoms with Gasteiger partial charge in [-0.25, -0.2) is 18.4 Å². The minimum Gasteiger partial charge on any atom is -0.450 e. The smallest absolute Gasteiger partial charge is 0.407 e. The topological polar surface area (TPSA) is 76.7 Å². The summed E-state index contributed by atoms with van der Waals surface area (Å²) in [5, 5.41) is 4.81. The number of carbonyl (C=O) groups is 2. The summed E-state index contributed by atoms with van der Waals surface area (Å²) in [6, 6.07) is -1.75. The van der Waals surface area contributed by atoms with E-state index in [1.807, 2.05) is 13.8 Å². The maximum Gasteiger partial charge on any atom is 0.407 e. The van der Waals surface area contributed by atoms with Gasteiger partial charge in [0.1, 0.15) is 0 Å². The number of rotatable bonds is 8. The second-order valence-corrected chi connectivity index (χ2v) is 5.74. The molecule has 8 heteroatoms.